The second-order valence-electron chi connectivity index (χ2n) is 5.81. The van der Waals surface area contributed by atoms with E-state index in [1.807, 2.05) is 31.2 Å². The Morgan fingerprint density at radius 1 is 1.17 bits per heavy atom. The Morgan fingerprint density at radius 3 is 2.38 bits per heavy atom. The zero-order valence-electron chi connectivity index (χ0n) is 13.9. The van der Waals surface area contributed by atoms with Gasteiger partial charge in [0.25, 0.3) is 0 Å². The Labute approximate surface area is 141 Å². The van der Waals surface area contributed by atoms with Crippen molar-refractivity contribution in [1.82, 2.24) is 5.32 Å². The monoisotopic (exact) mass is 331 g/mol. The molecule has 4 nitrogen and oxygen atoms in total. The van der Waals surface area contributed by atoms with Crippen LogP contribution in [0.5, 0.6) is 5.75 Å². The first-order chi connectivity index (χ1) is 11.4. The number of carbonyl (C=O) groups is 1. The van der Waals surface area contributed by atoms with E-state index in [1.54, 1.807) is 6.92 Å². The number of carbonyl (C=O) groups excluding carboxylic acids is 1. The number of nitrogens with one attached hydrogen (secondary N) is 1. The normalized spacial score (nSPS) is 13.2. The van der Waals surface area contributed by atoms with Crippen LogP contribution in [0.15, 0.2) is 48.5 Å². The zero-order chi connectivity index (χ0) is 17.6. The van der Waals surface area contributed by atoms with Crippen molar-refractivity contribution in [2.75, 3.05) is 13.2 Å². The van der Waals surface area contributed by atoms with Gasteiger partial charge in [-0.1, -0.05) is 24.3 Å². The van der Waals surface area contributed by atoms with Crippen LogP contribution in [0.25, 0.3) is 0 Å². The van der Waals surface area contributed by atoms with Crippen LogP contribution in [0.4, 0.5) is 4.39 Å². The van der Waals surface area contributed by atoms with Crippen molar-refractivity contribution in [3.05, 3.63) is 65.5 Å². The van der Waals surface area contributed by atoms with Gasteiger partial charge in [-0.05, 0) is 49.2 Å². The lowest BCUT2D eigenvalue weighted by atomic mass is 9.96. The first kappa shape index (κ1) is 17.9. The summed E-state index contributed by atoms with van der Waals surface area (Å²) in [5.41, 5.74) is 0.144. The predicted octanol–water partition coefficient (Wildman–Crippen LogP) is 2.79. The van der Waals surface area contributed by atoms with Crippen molar-refractivity contribution in [3.63, 3.8) is 0 Å². The summed E-state index contributed by atoms with van der Waals surface area (Å²) in [5, 5.41) is 13.1. The van der Waals surface area contributed by atoms with Crippen LogP contribution in [0.3, 0.4) is 0 Å². The largest absolute Gasteiger partial charge is 0.494 e. The van der Waals surface area contributed by atoms with Crippen molar-refractivity contribution < 1.29 is 19.0 Å². The maximum atomic E-state index is 12.9. The molecule has 1 amide bonds. The van der Waals surface area contributed by atoms with Crippen LogP contribution >= 0.6 is 0 Å². The van der Waals surface area contributed by atoms with Gasteiger partial charge in [0.2, 0.25) is 5.91 Å². The average molecular weight is 331 g/mol. The van der Waals surface area contributed by atoms with E-state index >= 15 is 0 Å². The fraction of sp³-hybridized carbons (Fsp3) is 0.316. The molecule has 0 aliphatic carbocycles. The fourth-order valence-corrected chi connectivity index (χ4v) is 2.30. The zero-order valence-corrected chi connectivity index (χ0v) is 13.9. The molecule has 128 valence electrons. The Bertz CT molecular complexity index is 666. The van der Waals surface area contributed by atoms with Crippen molar-refractivity contribution in [3.8, 4) is 5.75 Å². The molecule has 0 aromatic heterocycles. The molecule has 0 heterocycles. The third-order valence-electron chi connectivity index (χ3n) is 3.69. The number of ether oxygens (including phenoxy) is 1. The van der Waals surface area contributed by atoms with Crippen LogP contribution in [-0.4, -0.2) is 24.2 Å². The molecule has 2 aromatic carbocycles. The summed E-state index contributed by atoms with van der Waals surface area (Å²) >= 11 is 0. The van der Waals surface area contributed by atoms with E-state index in [9.17, 15) is 14.3 Å². The van der Waals surface area contributed by atoms with Crippen molar-refractivity contribution in [2.24, 2.45) is 0 Å². The predicted molar refractivity (Wildman–Crippen MR) is 90.3 cm³/mol. The number of benzene rings is 2. The molecule has 2 N–H and O–H groups in total. The molecule has 1 atom stereocenters. The van der Waals surface area contributed by atoms with Crippen molar-refractivity contribution >= 4 is 5.91 Å². The number of amides is 1. The summed E-state index contributed by atoms with van der Waals surface area (Å²) < 4.78 is 18.3. The Hall–Kier alpha value is -2.40. The molecule has 0 bridgehead atoms. The summed E-state index contributed by atoms with van der Waals surface area (Å²) in [5.74, 6) is 0.205. The second kappa shape index (κ2) is 7.93. The van der Waals surface area contributed by atoms with E-state index in [-0.39, 0.29) is 24.7 Å². The number of rotatable bonds is 7. The number of hydrogen-bond donors (Lipinski definition) is 2. The third-order valence-corrected chi connectivity index (χ3v) is 3.69. The molecule has 0 aliphatic heterocycles. The molecule has 0 fully saturated rings. The summed E-state index contributed by atoms with van der Waals surface area (Å²) in [6.07, 6.45) is 0.214. The first-order valence-electron chi connectivity index (χ1n) is 7.87. The minimum absolute atomic E-state index is 0.0501. The molecular formula is C19H22FNO3. The van der Waals surface area contributed by atoms with E-state index in [0.717, 1.165) is 11.3 Å². The molecule has 0 saturated heterocycles. The lowest BCUT2D eigenvalue weighted by Gasteiger charge is -2.24. The van der Waals surface area contributed by atoms with Gasteiger partial charge < -0.3 is 15.2 Å². The molecule has 0 radical (unpaired) electrons. The van der Waals surface area contributed by atoms with Gasteiger partial charge >= 0.3 is 0 Å². The van der Waals surface area contributed by atoms with E-state index < -0.39 is 5.60 Å². The average Bonchev–Trinajstić information content (AvgIpc) is 2.56. The molecular weight excluding hydrogens is 309 g/mol. The van der Waals surface area contributed by atoms with Gasteiger partial charge in [0.1, 0.15) is 17.2 Å². The van der Waals surface area contributed by atoms with E-state index in [4.69, 9.17) is 4.74 Å². The van der Waals surface area contributed by atoms with Gasteiger partial charge in [-0.25, -0.2) is 4.39 Å². The molecule has 24 heavy (non-hydrogen) atoms. The Kier molecular flexibility index (Phi) is 5.93. The van der Waals surface area contributed by atoms with E-state index in [2.05, 4.69) is 5.32 Å². The third kappa shape index (κ3) is 5.06. The highest BCUT2D eigenvalue weighted by molar-refractivity contribution is 5.78. The molecule has 1 unspecified atom stereocenters. The first-order valence-corrected chi connectivity index (χ1v) is 7.87. The number of halogens is 1. The smallest absolute Gasteiger partial charge is 0.224 e. The van der Waals surface area contributed by atoms with Gasteiger partial charge in [-0.2, -0.15) is 0 Å². The van der Waals surface area contributed by atoms with Crippen LogP contribution in [-0.2, 0) is 16.8 Å². The van der Waals surface area contributed by atoms with Crippen LogP contribution in [0.1, 0.15) is 25.0 Å². The minimum atomic E-state index is -1.26. The topological polar surface area (TPSA) is 58.6 Å². The van der Waals surface area contributed by atoms with Gasteiger partial charge in [0.15, 0.2) is 0 Å². The maximum absolute atomic E-state index is 12.9. The van der Waals surface area contributed by atoms with E-state index in [1.165, 1.54) is 24.3 Å². The van der Waals surface area contributed by atoms with Crippen LogP contribution in [0.2, 0.25) is 0 Å². The summed E-state index contributed by atoms with van der Waals surface area (Å²) in [7, 11) is 0. The molecule has 2 rings (SSSR count). The van der Waals surface area contributed by atoms with E-state index in [0.29, 0.717) is 12.2 Å². The second-order valence-corrected chi connectivity index (χ2v) is 5.81. The molecule has 2 aromatic rings. The van der Waals surface area contributed by atoms with Crippen LogP contribution in [0, 0.1) is 5.82 Å². The Morgan fingerprint density at radius 2 is 1.79 bits per heavy atom. The van der Waals surface area contributed by atoms with Crippen molar-refractivity contribution in [2.45, 2.75) is 25.9 Å². The maximum Gasteiger partial charge on any atom is 0.224 e. The van der Waals surface area contributed by atoms with Gasteiger partial charge in [0.05, 0.1) is 19.6 Å². The van der Waals surface area contributed by atoms with Gasteiger partial charge in [-0.3, -0.25) is 4.79 Å². The highest BCUT2D eigenvalue weighted by Gasteiger charge is 2.23. The Balaban J connectivity index is 1.88. The summed E-state index contributed by atoms with van der Waals surface area (Å²) in [4.78, 5) is 12.0. The molecule has 0 spiro atoms. The lowest BCUT2D eigenvalue weighted by Crippen LogP contribution is -2.39. The number of aliphatic hydroxyl groups is 1. The van der Waals surface area contributed by atoms with Crippen molar-refractivity contribution in [1.29, 1.82) is 0 Å². The molecule has 0 saturated carbocycles. The summed E-state index contributed by atoms with van der Waals surface area (Å²) in [6.45, 7) is 4.14. The highest BCUT2D eigenvalue weighted by atomic mass is 19.1. The summed E-state index contributed by atoms with van der Waals surface area (Å²) in [6, 6.07) is 12.9. The SMILES string of the molecule is CCOc1ccc(CC(=O)NCC(C)(O)c2ccc(F)cc2)cc1. The number of hydrogen-bond acceptors (Lipinski definition) is 3. The highest BCUT2D eigenvalue weighted by Crippen LogP contribution is 2.20. The lowest BCUT2D eigenvalue weighted by molar-refractivity contribution is -0.121. The molecule has 0 aliphatic rings. The minimum Gasteiger partial charge on any atom is -0.494 e. The fourth-order valence-electron chi connectivity index (χ4n) is 2.30. The molecule has 5 heteroatoms. The standard InChI is InChI=1S/C19H22FNO3/c1-3-24-17-10-4-14(5-11-17)12-18(22)21-13-19(2,23)15-6-8-16(20)9-7-15/h4-11,23H,3,12-13H2,1-2H3,(H,21,22). The van der Waals surface area contributed by atoms with Gasteiger partial charge in [-0.15, -0.1) is 0 Å². The van der Waals surface area contributed by atoms with Crippen LogP contribution < -0.4 is 10.1 Å². The van der Waals surface area contributed by atoms with Gasteiger partial charge in [0, 0.05) is 0 Å². The quantitative estimate of drug-likeness (QED) is 0.820.